The predicted octanol–water partition coefficient (Wildman–Crippen LogP) is 3.93. The average molecular weight is 236 g/mol. The SMILES string of the molecule is C=CC[C@H](COC)[C@@H](SC)c1ccccc1. The maximum Gasteiger partial charge on any atom is 0.0507 e. The van der Waals surface area contributed by atoms with E-state index in [4.69, 9.17) is 4.74 Å². The molecule has 1 rings (SSSR count). The van der Waals surface area contributed by atoms with E-state index < -0.39 is 0 Å². The Labute approximate surface area is 103 Å². The van der Waals surface area contributed by atoms with E-state index in [0.29, 0.717) is 11.2 Å². The highest BCUT2D eigenvalue weighted by atomic mass is 32.2. The molecule has 0 spiro atoms. The van der Waals surface area contributed by atoms with Crippen molar-refractivity contribution in [2.45, 2.75) is 11.7 Å². The minimum atomic E-state index is 0.485. The average Bonchev–Trinajstić information content (AvgIpc) is 2.32. The van der Waals surface area contributed by atoms with Crippen molar-refractivity contribution in [1.82, 2.24) is 0 Å². The monoisotopic (exact) mass is 236 g/mol. The lowest BCUT2D eigenvalue weighted by molar-refractivity contribution is 0.152. The zero-order valence-corrected chi connectivity index (χ0v) is 10.9. The molecular formula is C14H20OS. The topological polar surface area (TPSA) is 9.23 Å². The van der Waals surface area contributed by atoms with E-state index in [2.05, 4.69) is 43.2 Å². The zero-order chi connectivity index (χ0) is 11.8. The summed E-state index contributed by atoms with van der Waals surface area (Å²) in [5.41, 5.74) is 1.37. The van der Waals surface area contributed by atoms with Crippen molar-refractivity contribution in [2.24, 2.45) is 5.92 Å². The third kappa shape index (κ3) is 3.69. The molecule has 0 saturated carbocycles. The quantitative estimate of drug-likeness (QED) is 0.663. The second-order valence-corrected chi connectivity index (χ2v) is 4.79. The van der Waals surface area contributed by atoms with Gasteiger partial charge in [0.15, 0.2) is 0 Å². The Kier molecular flexibility index (Phi) is 6.27. The molecule has 0 radical (unpaired) electrons. The first-order chi connectivity index (χ1) is 7.83. The normalized spacial score (nSPS) is 14.4. The molecule has 0 saturated heterocycles. The number of ether oxygens (including phenoxy) is 1. The van der Waals surface area contributed by atoms with Crippen molar-refractivity contribution >= 4 is 11.8 Å². The zero-order valence-electron chi connectivity index (χ0n) is 10.1. The van der Waals surface area contributed by atoms with Crippen LogP contribution in [0.5, 0.6) is 0 Å². The summed E-state index contributed by atoms with van der Waals surface area (Å²) >= 11 is 1.88. The summed E-state index contributed by atoms with van der Waals surface area (Å²) < 4.78 is 5.30. The van der Waals surface area contributed by atoms with Crippen LogP contribution < -0.4 is 0 Å². The van der Waals surface area contributed by atoms with Crippen molar-refractivity contribution in [3.8, 4) is 0 Å². The lowest BCUT2D eigenvalue weighted by Gasteiger charge is -2.24. The Morgan fingerprint density at radius 3 is 2.56 bits per heavy atom. The second-order valence-electron chi connectivity index (χ2n) is 3.81. The van der Waals surface area contributed by atoms with Gasteiger partial charge in [0.05, 0.1) is 6.61 Å². The van der Waals surface area contributed by atoms with Crippen molar-refractivity contribution in [2.75, 3.05) is 20.0 Å². The first-order valence-electron chi connectivity index (χ1n) is 5.51. The number of methoxy groups -OCH3 is 1. The van der Waals surface area contributed by atoms with Gasteiger partial charge in [-0.1, -0.05) is 36.4 Å². The molecule has 0 aliphatic carbocycles. The van der Waals surface area contributed by atoms with E-state index in [1.807, 2.05) is 17.8 Å². The molecule has 0 heterocycles. The molecule has 0 unspecified atom stereocenters. The molecule has 88 valence electrons. The van der Waals surface area contributed by atoms with Gasteiger partial charge < -0.3 is 4.74 Å². The van der Waals surface area contributed by atoms with E-state index in [1.165, 1.54) is 5.56 Å². The molecule has 0 aliphatic heterocycles. The van der Waals surface area contributed by atoms with Crippen LogP contribution in [0.1, 0.15) is 17.2 Å². The maximum absolute atomic E-state index is 5.30. The summed E-state index contributed by atoms with van der Waals surface area (Å²) in [6.45, 7) is 4.61. The molecule has 0 aromatic heterocycles. The van der Waals surface area contributed by atoms with Crippen LogP contribution in [-0.4, -0.2) is 20.0 Å². The molecule has 1 nitrogen and oxygen atoms in total. The number of hydrogen-bond acceptors (Lipinski definition) is 2. The van der Waals surface area contributed by atoms with Gasteiger partial charge >= 0.3 is 0 Å². The van der Waals surface area contributed by atoms with Gasteiger partial charge in [-0.3, -0.25) is 0 Å². The summed E-state index contributed by atoms with van der Waals surface area (Å²) in [7, 11) is 1.76. The van der Waals surface area contributed by atoms with Crippen LogP contribution in [0.25, 0.3) is 0 Å². The Morgan fingerprint density at radius 2 is 2.06 bits per heavy atom. The lowest BCUT2D eigenvalue weighted by atomic mass is 9.96. The van der Waals surface area contributed by atoms with Crippen molar-refractivity contribution in [3.05, 3.63) is 48.6 Å². The Bertz CT molecular complexity index is 297. The Balaban J connectivity index is 2.81. The second kappa shape index (κ2) is 7.53. The van der Waals surface area contributed by atoms with Crippen LogP contribution in [0.4, 0.5) is 0 Å². The van der Waals surface area contributed by atoms with Crippen LogP contribution in [0.15, 0.2) is 43.0 Å². The first kappa shape index (κ1) is 13.3. The van der Waals surface area contributed by atoms with E-state index >= 15 is 0 Å². The van der Waals surface area contributed by atoms with Crippen molar-refractivity contribution < 1.29 is 4.74 Å². The largest absolute Gasteiger partial charge is 0.384 e. The summed E-state index contributed by atoms with van der Waals surface area (Å²) in [4.78, 5) is 0. The van der Waals surface area contributed by atoms with E-state index in [1.54, 1.807) is 7.11 Å². The van der Waals surface area contributed by atoms with Crippen LogP contribution in [0.3, 0.4) is 0 Å². The van der Waals surface area contributed by atoms with Crippen LogP contribution in [-0.2, 0) is 4.74 Å². The number of thioether (sulfide) groups is 1. The summed E-state index contributed by atoms with van der Waals surface area (Å²) in [5.74, 6) is 0.500. The smallest absolute Gasteiger partial charge is 0.0507 e. The van der Waals surface area contributed by atoms with Gasteiger partial charge in [-0.15, -0.1) is 6.58 Å². The minimum Gasteiger partial charge on any atom is -0.384 e. The van der Waals surface area contributed by atoms with E-state index in [0.717, 1.165) is 13.0 Å². The fourth-order valence-corrected chi connectivity index (χ4v) is 2.95. The van der Waals surface area contributed by atoms with Crippen molar-refractivity contribution in [3.63, 3.8) is 0 Å². The van der Waals surface area contributed by atoms with E-state index in [9.17, 15) is 0 Å². The molecule has 2 atom stereocenters. The number of benzene rings is 1. The van der Waals surface area contributed by atoms with Gasteiger partial charge in [0.1, 0.15) is 0 Å². The third-order valence-electron chi connectivity index (χ3n) is 2.66. The molecule has 0 fully saturated rings. The Hall–Kier alpha value is -0.730. The number of hydrogen-bond donors (Lipinski definition) is 0. The predicted molar refractivity (Wildman–Crippen MR) is 72.9 cm³/mol. The van der Waals surface area contributed by atoms with Crippen LogP contribution in [0, 0.1) is 5.92 Å². The molecular weight excluding hydrogens is 216 g/mol. The fraction of sp³-hybridized carbons (Fsp3) is 0.429. The molecule has 0 amide bonds. The van der Waals surface area contributed by atoms with E-state index in [-0.39, 0.29) is 0 Å². The lowest BCUT2D eigenvalue weighted by Crippen LogP contribution is -2.15. The summed E-state index contributed by atoms with van der Waals surface area (Å²) in [6, 6.07) is 10.6. The highest BCUT2D eigenvalue weighted by Crippen LogP contribution is 2.36. The molecule has 0 bridgehead atoms. The van der Waals surface area contributed by atoms with Gasteiger partial charge in [0.2, 0.25) is 0 Å². The van der Waals surface area contributed by atoms with Gasteiger partial charge in [0, 0.05) is 18.3 Å². The van der Waals surface area contributed by atoms with Crippen LogP contribution in [0.2, 0.25) is 0 Å². The highest BCUT2D eigenvalue weighted by molar-refractivity contribution is 7.98. The van der Waals surface area contributed by atoms with Crippen molar-refractivity contribution in [1.29, 1.82) is 0 Å². The summed E-state index contributed by atoms with van der Waals surface area (Å²) in [5, 5.41) is 0.485. The summed E-state index contributed by atoms with van der Waals surface area (Å²) in [6.07, 6.45) is 5.13. The first-order valence-corrected chi connectivity index (χ1v) is 6.79. The van der Waals surface area contributed by atoms with Gasteiger partial charge in [-0.05, 0) is 18.2 Å². The number of allylic oxidation sites excluding steroid dienone is 1. The highest BCUT2D eigenvalue weighted by Gasteiger charge is 2.20. The third-order valence-corrected chi connectivity index (χ3v) is 3.83. The standard InChI is InChI=1S/C14H20OS/c1-4-8-13(11-15-2)14(16-3)12-9-6-5-7-10-12/h4-7,9-10,13-14H,1,8,11H2,2-3H3/t13-,14+/m1/s1. The Morgan fingerprint density at radius 1 is 1.38 bits per heavy atom. The number of rotatable bonds is 7. The van der Waals surface area contributed by atoms with Gasteiger partial charge in [-0.25, -0.2) is 0 Å². The fourth-order valence-electron chi connectivity index (χ4n) is 1.95. The molecule has 0 aliphatic rings. The molecule has 1 aromatic carbocycles. The molecule has 2 heteroatoms. The molecule has 0 N–H and O–H groups in total. The molecule has 16 heavy (non-hydrogen) atoms. The minimum absolute atomic E-state index is 0.485. The molecule has 1 aromatic rings. The van der Waals surface area contributed by atoms with Gasteiger partial charge in [-0.2, -0.15) is 11.8 Å². The van der Waals surface area contributed by atoms with Gasteiger partial charge in [0.25, 0.3) is 0 Å². The maximum atomic E-state index is 5.30. The van der Waals surface area contributed by atoms with Crippen LogP contribution >= 0.6 is 11.8 Å².